The lowest BCUT2D eigenvalue weighted by atomic mass is 9.51. The van der Waals surface area contributed by atoms with Crippen LogP contribution in [-0.4, -0.2) is 48.0 Å². The largest absolute Gasteiger partial charge is 0.466 e. The van der Waals surface area contributed by atoms with E-state index in [1.807, 2.05) is 36.1 Å². The minimum atomic E-state index is -0.480. The number of fused-ring (bicyclic) bond motifs is 3. The Morgan fingerprint density at radius 3 is 2.62 bits per heavy atom. The van der Waals surface area contributed by atoms with Crippen molar-refractivity contribution in [2.75, 3.05) is 25.0 Å². The molecule has 172 valence electrons. The molecule has 6 rings (SSSR count). The van der Waals surface area contributed by atoms with Crippen LogP contribution >= 0.6 is 0 Å². The first-order valence-electron chi connectivity index (χ1n) is 12.0. The number of esters is 1. The maximum absolute atomic E-state index is 13.6. The third-order valence-electron chi connectivity index (χ3n) is 8.40. The molecule has 3 aliphatic carbocycles. The molecule has 7 nitrogen and oxygen atoms in total. The normalized spacial score (nSPS) is 33.9. The zero-order chi connectivity index (χ0) is 22.5. The fourth-order valence-corrected chi connectivity index (χ4v) is 6.64. The summed E-state index contributed by atoms with van der Waals surface area (Å²) in [6, 6.07) is 7.65. The molecule has 3 saturated carbocycles. The van der Waals surface area contributed by atoms with Crippen LogP contribution in [0.1, 0.15) is 62.7 Å². The third kappa shape index (κ3) is 3.37. The number of hydrogen-bond donors (Lipinski definition) is 2. The van der Waals surface area contributed by atoms with Crippen LogP contribution in [-0.2, 0) is 14.3 Å². The number of piperidine rings is 1. The Kier molecular flexibility index (Phi) is 5.18. The number of rotatable bonds is 3. The van der Waals surface area contributed by atoms with E-state index in [2.05, 4.69) is 17.6 Å². The van der Waals surface area contributed by atoms with Gasteiger partial charge < -0.3 is 20.3 Å². The second kappa shape index (κ2) is 7.78. The number of benzene rings is 1. The van der Waals surface area contributed by atoms with Gasteiger partial charge in [-0.2, -0.15) is 0 Å². The maximum Gasteiger partial charge on any atom is 0.309 e. The lowest BCUT2D eigenvalue weighted by molar-refractivity contribution is -0.156. The van der Waals surface area contributed by atoms with Crippen molar-refractivity contribution in [3.63, 3.8) is 0 Å². The summed E-state index contributed by atoms with van der Waals surface area (Å²) in [5.74, 6) is 0.137. The zero-order valence-corrected chi connectivity index (χ0v) is 19.0. The lowest BCUT2D eigenvalue weighted by Crippen LogP contribution is -2.70. The molecule has 2 bridgehead atoms. The van der Waals surface area contributed by atoms with E-state index in [0.717, 1.165) is 31.4 Å². The number of likely N-dealkylation sites (tertiary alicyclic amines) is 1. The molecule has 5 aliphatic rings. The molecular weight excluding hydrogens is 406 g/mol. The minimum Gasteiger partial charge on any atom is -0.466 e. The Labute approximate surface area is 189 Å². The van der Waals surface area contributed by atoms with Crippen molar-refractivity contribution >= 4 is 23.5 Å². The van der Waals surface area contributed by atoms with E-state index < -0.39 is 5.66 Å². The summed E-state index contributed by atoms with van der Waals surface area (Å²) in [5.41, 5.74) is 0.917. The van der Waals surface area contributed by atoms with Gasteiger partial charge in [0.05, 0.1) is 18.1 Å². The number of carbonyl (C=O) groups is 3. The van der Waals surface area contributed by atoms with Crippen molar-refractivity contribution in [2.45, 2.75) is 58.0 Å². The summed E-state index contributed by atoms with van der Waals surface area (Å²) >= 11 is 0. The molecule has 2 amide bonds. The highest BCUT2D eigenvalue weighted by Gasteiger charge is 2.60. The molecule has 0 unspecified atom stereocenters. The summed E-state index contributed by atoms with van der Waals surface area (Å²) in [5, 5.41) is 6.95. The van der Waals surface area contributed by atoms with Gasteiger partial charge in [0.1, 0.15) is 5.66 Å². The second-order valence-corrected chi connectivity index (χ2v) is 10.3. The molecule has 32 heavy (non-hydrogen) atoms. The number of para-hydroxylation sites is 1. The quantitative estimate of drug-likeness (QED) is 0.707. The van der Waals surface area contributed by atoms with Crippen LogP contribution in [0.25, 0.3) is 0 Å². The van der Waals surface area contributed by atoms with Crippen LogP contribution in [0.3, 0.4) is 0 Å². The molecule has 4 atom stereocenters. The Hall–Kier alpha value is -2.57. The van der Waals surface area contributed by atoms with E-state index in [0.29, 0.717) is 38.1 Å². The number of nitrogens with zero attached hydrogens (tertiary/aromatic N) is 1. The van der Waals surface area contributed by atoms with Gasteiger partial charge in [-0.1, -0.05) is 19.1 Å². The Morgan fingerprint density at radius 1 is 1.16 bits per heavy atom. The van der Waals surface area contributed by atoms with Crippen molar-refractivity contribution in [3.8, 4) is 0 Å². The average Bonchev–Trinajstić information content (AvgIpc) is 2.78. The van der Waals surface area contributed by atoms with Gasteiger partial charge in [0.25, 0.3) is 5.91 Å². The summed E-state index contributed by atoms with van der Waals surface area (Å²) in [6.07, 6.45) is 4.88. The minimum absolute atomic E-state index is 0.0283. The van der Waals surface area contributed by atoms with Crippen molar-refractivity contribution in [1.82, 2.24) is 10.2 Å². The van der Waals surface area contributed by atoms with Gasteiger partial charge in [-0.25, -0.2) is 0 Å². The molecule has 1 spiro atoms. The summed E-state index contributed by atoms with van der Waals surface area (Å²) < 4.78 is 5.16. The van der Waals surface area contributed by atoms with Crippen molar-refractivity contribution in [3.05, 3.63) is 29.8 Å². The summed E-state index contributed by atoms with van der Waals surface area (Å²) in [6.45, 7) is 5.67. The molecule has 2 aliphatic heterocycles. The summed E-state index contributed by atoms with van der Waals surface area (Å²) in [4.78, 5) is 40.5. The first-order chi connectivity index (χ1) is 15.3. The van der Waals surface area contributed by atoms with Crippen LogP contribution in [0.15, 0.2) is 24.3 Å². The van der Waals surface area contributed by atoms with Crippen molar-refractivity contribution in [2.24, 2.45) is 23.2 Å². The highest BCUT2D eigenvalue weighted by atomic mass is 16.5. The number of ether oxygens (including phenoxy) is 1. The third-order valence-corrected chi connectivity index (χ3v) is 8.40. The molecule has 7 heteroatoms. The summed E-state index contributed by atoms with van der Waals surface area (Å²) in [7, 11) is 0. The molecule has 2 heterocycles. The van der Waals surface area contributed by atoms with Gasteiger partial charge in [-0.3, -0.25) is 14.4 Å². The van der Waals surface area contributed by atoms with Crippen LogP contribution in [0.2, 0.25) is 0 Å². The van der Waals surface area contributed by atoms with Crippen molar-refractivity contribution in [1.29, 1.82) is 0 Å². The molecule has 4 fully saturated rings. The van der Waals surface area contributed by atoms with E-state index >= 15 is 0 Å². The highest BCUT2D eigenvalue weighted by molar-refractivity contribution is 6.02. The topological polar surface area (TPSA) is 87.7 Å². The number of hydrogen-bond acceptors (Lipinski definition) is 5. The van der Waals surface area contributed by atoms with Gasteiger partial charge in [0.15, 0.2) is 0 Å². The standard InChI is InChI=1S/C25H33N3O4/c1-3-32-23(31)16-9-12-28(13-10-16)22(30)19-14-17-8-11-24(19,2)15-25(17)26-20-7-5-4-6-18(20)21(29)27-25/h4-7,16-17,19,26H,3,8-15H2,1-2H3,(H,27,29)/t17-,19-,24+,25-/m1/s1. The predicted octanol–water partition coefficient (Wildman–Crippen LogP) is 3.17. The molecule has 0 radical (unpaired) electrons. The van der Waals surface area contributed by atoms with Crippen LogP contribution in [0.4, 0.5) is 5.69 Å². The Bertz CT molecular complexity index is 941. The molecule has 1 aromatic carbocycles. The number of nitrogens with one attached hydrogen (secondary N) is 2. The second-order valence-electron chi connectivity index (χ2n) is 10.3. The van der Waals surface area contributed by atoms with Gasteiger partial charge in [0.2, 0.25) is 5.91 Å². The highest BCUT2D eigenvalue weighted by Crippen LogP contribution is 2.58. The Balaban J connectivity index is 1.30. The molecule has 1 aromatic rings. The van der Waals surface area contributed by atoms with E-state index in [9.17, 15) is 14.4 Å². The van der Waals surface area contributed by atoms with Crippen molar-refractivity contribution < 1.29 is 19.1 Å². The maximum atomic E-state index is 13.6. The molecule has 0 aromatic heterocycles. The monoisotopic (exact) mass is 439 g/mol. The SMILES string of the molecule is CCOC(=O)C1CCN(C(=O)[C@H]2C[C@H]3CC[C@@]2(C)C[C@@]32NC(=O)c3ccccc3N2)CC1. The van der Waals surface area contributed by atoms with Crippen LogP contribution in [0.5, 0.6) is 0 Å². The average molecular weight is 440 g/mol. The van der Waals surface area contributed by atoms with E-state index in [4.69, 9.17) is 4.74 Å². The van der Waals surface area contributed by atoms with E-state index in [1.165, 1.54) is 0 Å². The predicted molar refractivity (Wildman–Crippen MR) is 120 cm³/mol. The van der Waals surface area contributed by atoms with Gasteiger partial charge in [-0.05, 0) is 63.0 Å². The van der Waals surface area contributed by atoms with E-state index in [1.54, 1.807) is 0 Å². The first-order valence-corrected chi connectivity index (χ1v) is 12.0. The number of anilines is 1. The molecular formula is C25H33N3O4. The van der Waals surface area contributed by atoms with Crippen LogP contribution in [0, 0.1) is 23.2 Å². The fraction of sp³-hybridized carbons (Fsp3) is 0.640. The smallest absolute Gasteiger partial charge is 0.309 e. The first kappa shape index (κ1) is 21.3. The van der Waals surface area contributed by atoms with Gasteiger partial charge in [0, 0.05) is 30.6 Å². The van der Waals surface area contributed by atoms with Crippen LogP contribution < -0.4 is 10.6 Å². The number of carbonyl (C=O) groups excluding carboxylic acids is 3. The molecule has 1 saturated heterocycles. The lowest BCUT2D eigenvalue weighted by Gasteiger charge is -2.61. The zero-order valence-electron chi connectivity index (χ0n) is 19.0. The van der Waals surface area contributed by atoms with E-state index in [-0.39, 0.29) is 41.0 Å². The van der Waals surface area contributed by atoms with Gasteiger partial charge in [-0.15, -0.1) is 0 Å². The Morgan fingerprint density at radius 2 is 1.91 bits per heavy atom. The number of amides is 2. The van der Waals surface area contributed by atoms with Gasteiger partial charge >= 0.3 is 5.97 Å². The fourth-order valence-electron chi connectivity index (χ4n) is 6.64. The molecule has 2 N–H and O–H groups in total.